The van der Waals surface area contributed by atoms with Gasteiger partial charge in [0.15, 0.2) is 0 Å². The van der Waals surface area contributed by atoms with Crippen molar-refractivity contribution in [2.75, 3.05) is 19.6 Å². The maximum Gasteiger partial charge on any atom is 0.226 e. The van der Waals surface area contributed by atoms with Gasteiger partial charge in [-0.05, 0) is 45.3 Å². The van der Waals surface area contributed by atoms with Gasteiger partial charge in [0.1, 0.15) is 0 Å². The summed E-state index contributed by atoms with van der Waals surface area (Å²) in [7, 11) is 0. The van der Waals surface area contributed by atoms with E-state index in [0.29, 0.717) is 13.0 Å². The molecule has 0 N–H and O–H groups in total. The number of carbonyl (C=O) groups excluding carboxylic acids is 1. The third-order valence-corrected chi connectivity index (χ3v) is 4.58. The standard InChI is InChI=1S/C19H27N3O/c1-16(2)22(15-17-7-4-3-5-8-17)19(23)18-9-13-21(14-10-18)12-6-11-20/h3-5,7-8,16,18H,6,9-10,12-15H2,1-2H3. The molecule has 0 radical (unpaired) electrons. The molecule has 0 atom stereocenters. The van der Waals surface area contributed by atoms with Gasteiger partial charge in [-0.1, -0.05) is 30.3 Å². The Balaban J connectivity index is 1.93. The highest BCUT2D eigenvalue weighted by molar-refractivity contribution is 5.79. The third kappa shape index (κ3) is 5.07. The number of hydrogen-bond acceptors (Lipinski definition) is 3. The summed E-state index contributed by atoms with van der Waals surface area (Å²) in [6, 6.07) is 12.6. The summed E-state index contributed by atoms with van der Waals surface area (Å²) >= 11 is 0. The molecule has 1 saturated heterocycles. The van der Waals surface area contributed by atoms with Crippen molar-refractivity contribution >= 4 is 5.91 Å². The van der Waals surface area contributed by atoms with Crippen molar-refractivity contribution in [1.82, 2.24) is 9.80 Å². The quantitative estimate of drug-likeness (QED) is 0.811. The number of piperidine rings is 1. The summed E-state index contributed by atoms with van der Waals surface area (Å²) in [6.07, 6.45) is 2.38. The molecule has 1 heterocycles. The zero-order valence-electron chi connectivity index (χ0n) is 14.2. The third-order valence-electron chi connectivity index (χ3n) is 4.58. The fraction of sp³-hybridized carbons (Fsp3) is 0.579. The van der Waals surface area contributed by atoms with E-state index in [1.165, 1.54) is 5.56 Å². The molecule has 0 aliphatic carbocycles. The summed E-state index contributed by atoms with van der Waals surface area (Å²) in [6.45, 7) is 7.54. The maximum atomic E-state index is 12.9. The first-order valence-electron chi connectivity index (χ1n) is 8.55. The Morgan fingerprint density at radius 2 is 1.96 bits per heavy atom. The van der Waals surface area contributed by atoms with Crippen molar-refractivity contribution < 1.29 is 4.79 Å². The van der Waals surface area contributed by atoms with Crippen LogP contribution in [0.25, 0.3) is 0 Å². The molecule has 1 aromatic carbocycles. The van der Waals surface area contributed by atoms with E-state index < -0.39 is 0 Å². The lowest BCUT2D eigenvalue weighted by Gasteiger charge is -2.35. The number of nitriles is 1. The van der Waals surface area contributed by atoms with E-state index in [4.69, 9.17) is 5.26 Å². The number of hydrogen-bond donors (Lipinski definition) is 0. The summed E-state index contributed by atoms with van der Waals surface area (Å²) < 4.78 is 0. The average Bonchev–Trinajstić information content (AvgIpc) is 2.58. The molecule has 4 heteroatoms. The molecule has 0 bridgehead atoms. The molecule has 124 valence electrons. The minimum atomic E-state index is 0.124. The van der Waals surface area contributed by atoms with E-state index in [-0.39, 0.29) is 17.9 Å². The Morgan fingerprint density at radius 1 is 1.30 bits per heavy atom. The highest BCUT2D eigenvalue weighted by Gasteiger charge is 2.29. The number of likely N-dealkylation sites (tertiary alicyclic amines) is 1. The minimum Gasteiger partial charge on any atom is -0.336 e. The van der Waals surface area contributed by atoms with Crippen LogP contribution >= 0.6 is 0 Å². The molecule has 0 spiro atoms. The van der Waals surface area contributed by atoms with Gasteiger partial charge >= 0.3 is 0 Å². The molecule has 1 amide bonds. The number of rotatable bonds is 6. The van der Waals surface area contributed by atoms with Crippen LogP contribution in [0.5, 0.6) is 0 Å². The first kappa shape index (κ1) is 17.5. The second-order valence-corrected chi connectivity index (χ2v) is 6.57. The number of amides is 1. The number of carbonyl (C=O) groups is 1. The first-order valence-corrected chi connectivity index (χ1v) is 8.55. The highest BCUT2D eigenvalue weighted by Crippen LogP contribution is 2.22. The van der Waals surface area contributed by atoms with E-state index in [2.05, 4.69) is 36.9 Å². The molecule has 2 rings (SSSR count). The molecule has 23 heavy (non-hydrogen) atoms. The minimum absolute atomic E-state index is 0.124. The van der Waals surface area contributed by atoms with E-state index in [1.54, 1.807) is 0 Å². The van der Waals surface area contributed by atoms with E-state index in [1.807, 2.05) is 23.1 Å². The second-order valence-electron chi connectivity index (χ2n) is 6.57. The fourth-order valence-corrected chi connectivity index (χ4v) is 3.14. The largest absolute Gasteiger partial charge is 0.336 e. The van der Waals surface area contributed by atoms with Crippen LogP contribution in [0, 0.1) is 17.2 Å². The SMILES string of the molecule is CC(C)N(Cc1ccccc1)C(=O)C1CCN(CCC#N)CC1. The van der Waals surface area contributed by atoms with Crippen LogP contribution in [0.3, 0.4) is 0 Å². The normalized spacial score (nSPS) is 16.3. The van der Waals surface area contributed by atoms with Gasteiger partial charge in [0.2, 0.25) is 5.91 Å². The predicted molar refractivity (Wildman–Crippen MR) is 91.5 cm³/mol. The molecule has 1 fully saturated rings. The van der Waals surface area contributed by atoms with Gasteiger partial charge in [-0.2, -0.15) is 5.26 Å². The predicted octanol–water partition coefficient (Wildman–Crippen LogP) is 3.05. The van der Waals surface area contributed by atoms with Crippen LogP contribution in [0.2, 0.25) is 0 Å². The molecule has 4 nitrogen and oxygen atoms in total. The van der Waals surface area contributed by atoms with E-state index >= 15 is 0 Å². The summed E-state index contributed by atoms with van der Waals surface area (Å²) in [5.41, 5.74) is 1.18. The van der Waals surface area contributed by atoms with Crippen molar-refractivity contribution in [3.63, 3.8) is 0 Å². The highest BCUT2D eigenvalue weighted by atomic mass is 16.2. The van der Waals surface area contributed by atoms with Gasteiger partial charge in [-0.25, -0.2) is 0 Å². The molecule has 1 aliphatic rings. The van der Waals surface area contributed by atoms with Crippen molar-refractivity contribution in [2.45, 2.75) is 45.7 Å². The zero-order chi connectivity index (χ0) is 16.7. The molecule has 0 saturated carbocycles. The average molecular weight is 313 g/mol. The number of nitrogens with zero attached hydrogens (tertiary/aromatic N) is 3. The van der Waals surface area contributed by atoms with Gasteiger partial charge < -0.3 is 9.80 Å². The van der Waals surface area contributed by atoms with Crippen LogP contribution < -0.4 is 0 Å². The molecular weight excluding hydrogens is 286 g/mol. The summed E-state index contributed by atoms with van der Waals surface area (Å²) in [4.78, 5) is 17.2. The van der Waals surface area contributed by atoms with Crippen LogP contribution in [-0.4, -0.2) is 41.4 Å². The Kier molecular flexibility index (Phi) is 6.61. The molecule has 0 aromatic heterocycles. The number of benzene rings is 1. The Morgan fingerprint density at radius 3 is 2.52 bits per heavy atom. The molecule has 0 unspecified atom stereocenters. The topological polar surface area (TPSA) is 47.3 Å². The maximum absolute atomic E-state index is 12.9. The van der Waals surface area contributed by atoms with Gasteiger partial charge in [0, 0.05) is 31.5 Å². The first-order chi connectivity index (χ1) is 11.1. The van der Waals surface area contributed by atoms with Gasteiger partial charge in [-0.3, -0.25) is 4.79 Å². The Hall–Kier alpha value is -1.86. The van der Waals surface area contributed by atoms with Crippen LogP contribution in [0.15, 0.2) is 30.3 Å². The lowest BCUT2D eigenvalue weighted by molar-refractivity contribution is -0.139. The Bertz CT molecular complexity index is 527. The van der Waals surface area contributed by atoms with Crippen molar-refractivity contribution in [1.29, 1.82) is 5.26 Å². The lowest BCUT2D eigenvalue weighted by Crippen LogP contribution is -2.45. The molecule has 1 aliphatic heterocycles. The fourth-order valence-electron chi connectivity index (χ4n) is 3.14. The lowest BCUT2D eigenvalue weighted by atomic mass is 9.94. The van der Waals surface area contributed by atoms with Crippen molar-refractivity contribution in [3.8, 4) is 6.07 Å². The summed E-state index contributed by atoms with van der Waals surface area (Å²) in [5, 5.41) is 8.67. The van der Waals surface area contributed by atoms with Crippen LogP contribution in [-0.2, 0) is 11.3 Å². The molecular formula is C19H27N3O. The van der Waals surface area contributed by atoms with Gasteiger partial charge in [0.25, 0.3) is 0 Å². The van der Waals surface area contributed by atoms with E-state index in [0.717, 1.165) is 32.5 Å². The van der Waals surface area contributed by atoms with Gasteiger partial charge in [-0.15, -0.1) is 0 Å². The van der Waals surface area contributed by atoms with Gasteiger partial charge in [0.05, 0.1) is 6.07 Å². The summed E-state index contributed by atoms with van der Waals surface area (Å²) in [5.74, 6) is 0.406. The van der Waals surface area contributed by atoms with Crippen molar-refractivity contribution in [3.05, 3.63) is 35.9 Å². The van der Waals surface area contributed by atoms with E-state index in [9.17, 15) is 4.79 Å². The molecule has 1 aromatic rings. The zero-order valence-corrected chi connectivity index (χ0v) is 14.2. The Labute approximate surface area is 139 Å². The van der Waals surface area contributed by atoms with Crippen LogP contribution in [0.1, 0.15) is 38.7 Å². The smallest absolute Gasteiger partial charge is 0.226 e. The monoisotopic (exact) mass is 313 g/mol. The van der Waals surface area contributed by atoms with Crippen LogP contribution in [0.4, 0.5) is 0 Å². The second kappa shape index (κ2) is 8.69. The van der Waals surface area contributed by atoms with Crippen molar-refractivity contribution in [2.24, 2.45) is 5.92 Å².